The molecule has 0 atom stereocenters. The van der Waals surface area contributed by atoms with E-state index in [-0.39, 0.29) is 0 Å². The first kappa shape index (κ1) is 9.93. The number of nitrogens with zero attached hydrogens (tertiary/aromatic N) is 1. The average Bonchev–Trinajstić information content (AvgIpc) is 2.68. The minimum Gasteiger partial charge on any atom is -0.326 e. The zero-order valence-electron chi connectivity index (χ0n) is 8.52. The van der Waals surface area contributed by atoms with Gasteiger partial charge < -0.3 is 10.2 Å². The van der Waals surface area contributed by atoms with Gasteiger partial charge in [-0.3, -0.25) is 0 Å². The highest BCUT2D eigenvalue weighted by atomic mass is 16.1. The summed E-state index contributed by atoms with van der Waals surface area (Å²) < 4.78 is 0. The molecule has 0 unspecified atom stereocenters. The number of benzene rings is 1. The molecular weight excluding hydrogens is 188 g/mol. The molecule has 1 heterocycles. The summed E-state index contributed by atoms with van der Waals surface area (Å²) in [5, 5.41) is 2.09. The Morgan fingerprint density at radius 2 is 2.13 bits per heavy atom. The first-order valence-corrected chi connectivity index (χ1v) is 5.05. The van der Waals surface area contributed by atoms with Crippen LogP contribution in [0.4, 0.5) is 0 Å². The van der Waals surface area contributed by atoms with Crippen molar-refractivity contribution >= 4 is 6.29 Å². The third-order valence-electron chi connectivity index (χ3n) is 2.41. The second-order valence-corrected chi connectivity index (χ2v) is 3.64. The highest BCUT2D eigenvalue weighted by Crippen LogP contribution is 2.11. The van der Waals surface area contributed by atoms with Crippen LogP contribution in [0.3, 0.4) is 0 Å². The molecule has 0 aliphatic carbocycles. The van der Waals surface area contributed by atoms with Crippen molar-refractivity contribution in [3.63, 3.8) is 0 Å². The quantitative estimate of drug-likeness (QED) is 0.751. The van der Waals surface area contributed by atoms with Gasteiger partial charge in [0, 0.05) is 25.7 Å². The highest BCUT2D eigenvalue weighted by Gasteiger charge is 2.12. The Balaban J connectivity index is 1.87. The molecule has 0 saturated heterocycles. The van der Waals surface area contributed by atoms with E-state index in [1.54, 1.807) is 0 Å². The Morgan fingerprint density at radius 1 is 1.33 bits per heavy atom. The van der Waals surface area contributed by atoms with Crippen LogP contribution in [0.1, 0.15) is 12.0 Å². The molecule has 0 radical (unpaired) electrons. The topological polar surface area (TPSA) is 32.3 Å². The Labute approximate surface area is 89.4 Å². The lowest BCUT2D eigenvalue weighted by Gasteiger charge is -2.16. The van der Waals surface area contributed by atoms with Crippen LogP contribution in [0.5, 0.6) is 0 Å². The summed E-state index contributed by atoms with van der Waals surface area (Å²) >= 11 is 0. The van der Waals surface area contributed by atoms with Gasteiger partial charge >= 0.3 is 0 Å². The van der Waals surface area contributed by atoms with Crippen LogP contribution < -0.4 is 5.43 Å². The zero-order chi connectivity index (χ0) is 10.5. The minimum atomic E-state index is 0.526. The molecule has 1 N–H and O–H groups in total. The van der Waals surface area contributed by atoms with Gasteiger partial charge in [-0.15, -0.1) is 0 Å². The first-order chi connectivity index (χ1) is 7.38. The number of carbonyl (C=O) groups excluding carboxylic acids is 1. The summed E-state index contributed by atoms with van der Waals surface area (Å²) in [5.74, 6) is 0. The number of hydrazine groups is 1. The van der Waals surface area contributed by atoms with Gasteiger partial charge in [0.15, 0.2) is 0 Å². The van der Waals surface area contributed by atoms with Crippen molar-refractivity contribution in [2.45, 2.75) is 13.0 Å². The largest absolute Gasteiger partial charge is 0.326 e. The smallest absolute Gasteiger partial charge is 0.124 e. The maximum atomic E-state index is 10.3. The van der Waals surface area contributed by atoms with Gasteiger partial charge in [0.25, 0.3) is 0 Å². The van der Waals surface area contributed by atoms with Gasteiger partial charge in [-0.05, 0) is 11.1 Å². The summed E-state index contributed by atoms with van der Waals surface area (Å²) in [4.78, 5) is 10.3. The fourth-order valence-electron chi connectivity index (χ4n) is 1.65. The summed E-state index contributed by atoms with van der Waals surface area (Å²) in [5.41, 5.74) is 5.56. The number of carbonyl (C=O) groups is 1. The SMILES string of the molecule is O=CCC1=CNN(Cc2ccccc2)C1. The van der Waals surface area contributed by atoms with Crippen LogP contribution in [0.25, 0.3) is 0 Å². The van der Waals surface area contributed by atoms with Crippen molar-refractivity contribution in [2.24, 2.45) is 0 Å². The Kier molecular flexibility index (Phi) is 3.15. The molecule has 3 nitrogen and oxygen atoms in total. The first-order valence-electron chi connectivity index (χ1n) is 5.05. The van der Waals surface area contributed by atoms with E-state index in [9.17, 15) is 4.79 Å². The number of aldehydes is 1. The van der Waals surface area contributed by atoms with Crippen molar-refractivity contribution in [2.75, 3.05) is 6.54 Å². The molecular formula is C12H14N2O. The van der Waals surface area contributed by atoms with Crippen molar-refractivity contribution in [3.05, 3.63) is 47.7 Å². The van der Waals surface area contributed by atoms with Crippen LogP contribution in [-0.4, -0.2) is 17.8 Å². The van der Waals surface area contributed by atoms with E-state index in [1.807, 2.05) is 24.4 Å². The van der Waals surface area contributed by atoms with Crippen LogP contribution in [0.15, 0.2) is 42.1 Å². The maximum Gasteiger partial charge on any atom is 0.124 e. The van der Waals surface area contributed by atoms with E-state index in [2.05, 4.69) is 22.6 Å². The van der Waals surface area contributed by atoms with Crippen LogP contribution >= 0.6 is 0 Å². The van der Waals surface area contributed by atoms with E-state index in [4.69, 9.17) is 0 Å². The Bertz CT molecular complexity index is 359. The molecule has 0 fully saturated rings. The van der Waals surface area contributed by atoms with Crippen LogP contribution in [0, 0.1) is 0 Å². The van der Waals surface area contributed by atoms with E-state index in [0.29, 0.717) is 6.42 Å². The van der Waals surface area contributed by atoms with Crippen molar-refractivity contribution in [1.29, 1.82) is 0 Å². The van der Waals surface area contributed by atoms with E-state index >= 15 is 0 Å². The van der Waals surface area contributed by atoms with Gasteiger partial charge in [0.1, 0.15) is 6.29 Å². The molecule has 0 spiro atoms. The van der Waals surface area contributed by atoms with E-state index < -0.39 is 0 Å². The molecule has 78 valence electrons. The predicted molar refractivity (Wildman–Crippen MR) is 58.8 cm³/mol. The van der Waals surface area contributed by atoms with Crippen LogP contribution in [-0.2, 0) is 11.3 Å². The molecule has 1 aromatic rings. The fraction of sp³-hybridized carbons (Fsp3) is 0.250. The molecule has 15 heavy (non-hydrogen) atoms. The fourth-order valence-corrected chi connectivity index (χ4v) is 1.65. The third kappa shape index (κ3) is 2.67. The van der Waals surface area contributed by atoms with E-state index in [1.165, 1.54) is 5.56 Å². The molecule has 1 aliphatic rings. The lowest BCUT2D eigenvalue weighted by molar-refractivity contribution is -0.107. The second kappa shape index (κ2) is 4.75. The van der Waals surface area contributed by atoms with Gasteiger partial charge in [-0.2, -0.15) is 0 Å². The normalized spacial score (nSPS) is 15.9. The van der Waals surface area contributed by atoms with Gasteiger partial charge in [0.2, 0.25) is 0 Å². The Morgan fingerprint density at radius 3 is 2.87 bits per heavy atom. The number of rotatable bonds is 4. The molecule has 0 amide bonds. The minimum absolute atomic E-state index is 0.526. The van der Waals surface area contributed by atoms with Crippen molar-refractivity contribution < 1.29 is 4.79 Å². The summed E-state index contributed by atoms with van der Waals surface area (Å²) in [6, 6.07) is 10.3. The van der Waals surface area contributed by atoms with Crippen LogP contribution in [0.2, 0.25) is 0 Å². The summed E-state index contributed by atoms with van der Waals surface area (Å²) in [6.07, 6.45) is 3.38. The second-order valence-electron chi connectivity index (χ2n) is 3.64. The number of hydrogen-bond donors (Lipinski definition) is 1. The molecule has 3 heteroatoms. The van der Waals surface area contributed by atoms with Gasteiger partial charge in [-0.1, -0.05) is 30.3 Å². The predicted octanol–water partition coefficient (Wildman–Crippen LogP) is 1.48. The molecule has 1 aromatic carbocycles. The monoisotopic (exact) mass is 202 g/mol. The summed E-state index contributed by atoms with van der Waals surface area (Å²) in [7, 11) is 0. The molecule has 0 aromatic heterocycles. The van der Waals surface area contributed by atoms with Crippen molar-refractivity contribution in [3.8, 4) is 0 Å². The summed E-state index contributed by atoms with van der Waals surface area (Å²) in [6.45, 7) is 1.69. The standard InChI is InChI=1S/C12H14N2O/c15-7-6-12-8-13-14(10-12)9-11-4-2-1-3-5-11/h1-5,7-8,13H,6,9-10H2. The Hall–Kier alpha value is -1.61. The molecule has 0 saturated carbocycles. The van der Waals surface area contributed by atoms with E-state index in [0.717, 1.165) is 24.9 Å². The lowest BCUT2D eigenvalue weighted by Crippen LogP contribution is -2.29. The maximum absolute atomic E-state index is 10.3. The molecule has 0 bridgehead atoms. The molecule has 2 rings (SSSR count). The highest BCUT2D eigenvalue weighted by molar-refractivity contribution is 5.54. The number of hydrogen-bond acceptors (Lipinski definition) is 3. The van der Waals surface area contributed by atoms with Gasteiger partial charge in [-0.25, -0.2) is 5.01 Å². The number of nitrogens with one attached hydrogen (secondary N) is 1. The molecule has 1 aliphatic heterocycles. The third-order valence-corrected chi connectivity index (χ3v) is 2.41. The zero-order valence-corrected chi connectivity index (χ0v) is 8.52. The average molecular weight is 202 g/mol. The van der Waals surface area contributed by atoms with Crippen molar-refractivity contribution in [1.82, 2.24) is 10.4 Å². The van der Waals surface area contributed by atoms with Gasteiger partial charge in [0.05, 0.1) is 0 Å². The lowest BCUT2D eigenvalue weighted by atomic mass is 10.2.